The molecule has 1 aromatic rings. The molecule has 0 unspecified atom stereocenters. The van der Waals surface area contributed by atoms with Gasteiger partial charge in [0.25, 0.3) is 0 Å². The summed E-state index contributed by atoms with van der Waals surface area (Å²) < 4.78 is 0. The predicted molar refractivity (Wildman–Crippen MR) is 90.7 cm³/mol. The first kappa shape index (κ1) is 15.6. The summed E-state index contributed by atoms with van der Waals surface area (Å²) in [5.41, 5.74) is 5.54. The second kappa shape index (κ2) is 7.84. The van der Waals surface area contributed by atoms with E-state index >= 15 is 0 Å². The Morgan fingerprint density at radius 1 is 1.29 bits per heavy atom. The number of hydrogen-bond acceptors (Lipinski definition) is 2. The molecule has 2 nitrogen and oxygen atoms in total. The van der Waals surface area contributed by atoms with Crippen molar-refractivity contribution in [2.45, 2.75) is 33.7 Å². The Hall–Kier alpha value is -1.80. The Morgan fingerprint density at radius 2 is 2.05 bits per heavy atom. The molecule has 21 heavy (non-hydrogen) atoms. The lowest BCUT2D eigenvalue weighted by atomic mass is 10.1. The summed E-state index contributed by atoms with van der Waals surface area (Å²) in [7, 11) is 0. The highest BCUT2D eigenvalue weighted by molar-refractivity contribution is 5.24. The second-order valence-electron chi connectivity index (χ2n) is 5.62. The average molecular weight is 282 g/mol. The maximum absolute atomic E-state index is 3.44. The van der Waals surface area contributed by atoms with Gasteiger partial charge < -0.3 is 10.2 Å². The van der Waals surface area contributed by atoms with Gasteiger partial charge in [0.15, 0.2) is 0 Å². The van der Waals surface area contributed by atoms with E-state index < -0.39 is 0 Å². The molecule has 1 aliphatic heterocycles. The van der Waals surface area contributed by atoms with Crippen LogP contribution >= 0.6 is 0 Å². The minimum absolute atomic E-state index is 0.932. The standard InChI is InChI=1S/C19H26N2/c1-4-16(2)11-13-21(15-18-8-6-5-7-9-18)19-10-12-20-14-17(19)3/h4-9,11,13,20H,10,12,14-15H2,1-3H3/b13-11+,16-4+. The van der Waals surface area contributed by atoms with Gasteiger partial charge in [0.2, 0.25) is 0 Å². The molecular formula is C19H26N2. The van der Waals surface area contributed by atoms with Crippen LogP contribution in [0.2, 0.25) is 0 Å². The number of nitrogens with one attached hydrogen (secondary N) is 1. The molecule has 1 aliphatic rings. The lowest BCUT2D eigenvalue weighted by Gasteiger charge is -2.29. The van der Waals surface area contributed by atoms with Crippen LogP contribution in [0.15, 0.2) is 65.5 Å². The summed E-state index contributed by atoms with van der Waals surface area (Å²) in [6, 6.07) is 10.7. The highest BCUT2D eigenvalue weighted by Crippen LogP contribution is 2.21. The number of benzene rings is 1. The lowest BCUT2D eigenvalue weighted by Crippen LogP contribution is -2.30. The first-order valence-electron chi connectivity index (χ1n) is 7.71. The van der Waals surface area contributed by atoms with Crippen LogP contribution in [0.3, 0.4) is 0 Å². The van der Waals surface area contributed by atoms with Gasteiger partial charge >= 0.3 is 0 Å². The molecule has 0 aliphatic carbocycles. The number of hydrogen-bond donors (Lipinski definition) is 1. The monoisotopic (exact) mass is 282 g/mol. The fourth-order valence-corrected chi connectivity index (χ4v) is 2.51. The summed E-state index contributed by atoms with van der Waals surface area (Å²) in [4.78, 5) is 2.40. The molecule has 0 amide bonds. The maximum atomic E-state index is 3.44. The highest BCUT2D eigenvalue weighted by Gasteiger charge is 2.14. The molecule has 0 radical (unpaired) electrons. The van der Waals surface area contributed by atoms with Crippen LogP contribution in [0.25, 0.3) is 0 Å². The van der Waals surface area contributed by atoms with E-state index in [9.17, 15) is 0 Å². The molecule has 1 heterocycles. The Kier molecular flexibility index (Phi) is 5.82. The fraction of sp³-hybridized carbons (Fsp3) is 0.368. The summed E-state index contributed by atoms with van der Waals surface area (Å²) in [6.07, 6.45) is 7.66. The van der Waals surface area contributed by atoms with Crippen molar-refractivity contribution in [1.82, 2.24) is 10.2 Å². The number of rotatable bonds is 5. The van der Waals surface area contributed by atoms with E-state index in [0.717, 1.165) is 26.1 Å². The van der Waals surface area contributed by atoms with E-state index in [1.807, 2.05) is 0 Å². The molecule has 0 saturated carbocycles. The van der Waals surface area contributed by atoms with Crippen molar-refractivity contribution in [1.29, 1.82) is 0 Å². The van der Waals surface area contributed by atoms with Gasteiger partial charge in [-0.3, -0.25) is 0 Å². The zero-order chi connectivity index (χ0) is 15.1. The van der Waals surface area contributed by atoms with Gasteiger partial charge in [0, 0.05) is 38.0 Å². The van der Waals surface area contributed by atoms with Crippen molar-refractivity contribution in [2.24, 2.45) is 0 Å². The van der Waals surface area contributed by atoms with E-state index in [1.54, 1.807) is 0 Å². The molecule has 0 aromatic heterocycles. The van der Waals surface area contributed by atoms with Gasteiger partial charge in [-0.25, -0.2) is 0 Å². The van der Waals surface area contributed by atoms with Gasteiger partial charge in [-0.2, -0.15) is 0 Å². The maximum Gasteiger partial charge on any atom is 0.0472 e. The summed E-state index contributed by atoms with van der Waals surface area (Å²) in [6.45, 7) is 9.44. The van der Waals surface area contributed by atoms with E-state index in [0.29, 0.717) is 0 Å². The van der Waals surface area contributed by atoms with E-state index in [-0.39, 0.29) is 0 Å². The average Bonchev–Trinajstić information content (AvgIpc) is 2.52. The third kappa shape index (κ3) is 4.61. The van der Waals surface area contributed by atoms with Crippen molar-refractivity contribution in [3.8, 4) is 0 Å². The molecule has 0 spiro atoms. The SMILES string of the molecule is C/C=C(C)/C=C/N(Cc1ccccc1)C1=C(C)CNCC1. The molecular weight excluding hydrogens is 256 g/mol. The van der Waals surface area contributed by atoms with Crippen LogP contribution in [0.1, 0.15) is 32.8 Å². The molecule has 1 aromatic carbocycles. The van der Waals surface area contributed by atoms with Crippen LogP contribution in [-0.2, 0) is 6.54 Å². The number of nitrogens with zero attached hydrogens (tertiary/aromatic N) is 1. The molecule has 0 saturated heterocycles. The first-order chi connectivity index (χ1) is 10.2. The molecule has 2 rings (SSSR count). The largest absolute Gasteiger partial charge is 0.347 e. The lowest BCUT2D eigenvalue weighted by molar-refractivity contribution is 0.416. The van der Waals surface area contributed by atoms with Crippen LogP contribution in [-0.4, -0.2) is 18.0 Å². The first-order valence-corrected chi connectivity index (χ1v) is 7.71. The van der Waals surface area contributed by atoms with Crippen molar-refractivity contribution in [2.75, 3.05) is 13.1 Å². The molecule has 1 N–H and O–H groups in total. The molecule has 0 atom stereocenters. The summed E-state index contributed by atoms with van der Waals surface area (Å²) in [5.74, 6) is 0. The van der Waals surface area contributed by atoms with Gasteiger partial charge in [0.1, 0.15) is 0 Å². The zero-order valence-corrected chi connectivity index (χ0v) is 13.4. The molecule has 112 valence electrons. The van der Waals surface area contributed by atoms with Gasteiger partial charge in [-0.15, -0.1) is 0 Å². The normalized spacial score (nSPS) is 16.6. The Labute approximate surface area is 128 Å². The fourth-order valence-electron chi connectivity index (χ4n) is 2.51. The Balaban J connectivity index is 2.24. The smallest absolute Gasteiger partial charge is 0.0472 e. The van der Waals surface area contributed by atoms with Crippen LogP contribution in [0, 0.1) is 0 Å². The van der Waals surface area contributed by atoms with E-state index in [1.165, 1.54) is 22.4 Å². The third-order valence-corrected chi connectivity index (χ3v) is 3.94. The van der Waals surface area contributed by atoms with Gasteiger partial charge in [-0.1, -0.05) is 42.0 Å². The molecule has 0 fully saturated rings. The predicted octanol–water partition coefficient (Wildman–Crippen LogP) is 4.24. The van der Waals surface area contributed by atoms with Crippen molar-refractivity contribution >= 4 is 0 Å². The minimum atomic E-state index is 0.932. The van der Waals surface area contributed by atoms with Crippen LogP contribution in [0.4, 0.5) is 0 Å². The van der Waals surface area contributed by atoms with Gasteiger partial charge in [-0.05, 0) is 38.0 Å². The van der Waals surface area contributed by atoms with E-state index in [4.69, 9.17) is 0 Å². The third-order valence-electron chi connectivity index (χ3n) is 3.94. The molecule has 0 bridgehead atoms. The van der Waals surface area contributed by atoms with Gasteiger partial charge in [0.05, 0.1) is 0 Å². The minimum Gasteiger partial charge on any atom is -0.347 e. The second-order valence-corrected chi connectivity index (χ2v) is 5.62. The van der Waals surface area contributed by atoms with Crippen LogP contribution < -0.4 is 5.32 Å². The van der Waals surface area contributed by atoms with Crippen molar-refractivity contribution < 1.29 is 0 Å². The molecule has 2 heteroatoms. The summed E-state index contributed by atoms with van der Waals surface area (Å²) >= 11 is 0. The highest BCUT2D eigenvalue weighted by atomic mass is 15.1. The van der Waals surface area contributed by atoms with Crippen LogP contribution in [0.5, 0.6) is 0 Å². The van der Waals surface area contributed by atoms with Crippen molar-refractivity contribution in [3.63, 3.8) is 0 Å². The Morgan fingerprint density at radius 3 is 2.71 bits per heavy atom. The van der Waals surface area contributed by atoms with Crippen molar-refractivity contribution in [3.05, 3.63) is 71.1 Å². The van der Waals surface area contributed by atoms with E-state index in [2.05, 4.69) is 79.7 Å². The topological polar surface area (TPSA) is 15.3 Å². The number of allylic oxidation sites excluding steroid dienone is 3. The quantitative estimate of drug-likeness (QED) is 0.813. The zero-order valence-electron chi connectivity index (χ0n) is 13.4. The Bertz CT molecular complexity index is 538. The summed E-state index contributed by atoms with van der Waals surface area (Å²) in [5, 5.41) is 3.44.